The Morgan fingerprint density at radius 3 is 1.65 bits per heavy atom. The Labute approximate surface area is 215 Å². The van der Waals surface area contributed by atoms with Gasteiger partial charge >= 0.3 is 10.1 Å². The van der Waals surface area contributed by atoms with E-state index in [1.54, 1.807) is 48.5 Å². The first-order valence-electron chi connectivity index (χ1n) is 11.5. The van der Waals surface area contributed by atoms with Crippen LogP contribution in [0, 0.1) is 0 Å². The Kier molecular flexibility index (Phi) is 5.47. The second-order valence-electron chi connectivity index (χ2n) is 8.67. The van der Waals surface area contributed by atoms with E-state index in [9.17, 15) is 16.8 Å². The van der Waals surface area contributed by atoms with E-state index in [1.165, 1.54) is 18.2 Å². The largest absolute Gasteiger partial charge is 0.379 e. The van der Waals surface area contributed by atoms with Crippen LogP contribution in [-0.4, -0.2) is 16.8 Å². The van der Waals surface area contributed by atoms with Crippen LogP contribution in [0.5, 0.6) is 5.75 Å². The normalized spacial score (nSPS) is 13.5. The maximum atomic E-state index is 13.2. The maximum Gasteiger partial charge on any atom is 0.339 e. The highest BCUT2D eigenvalue weighted by molar-refractivity contribution is 7.92. The topological polar surface area (TPSA) is 77.5 Å². The lowest BCUT2D eigenvalue weighted by Crippen LogP contribution is -2.10. The lowest BCUT2D eigenvalue weighted by molar-refractivity contribution is 0.486. The van der Waals surface area contributed by atoms with Gasteiger partial charge in [-0.3, -0.25) is 0 Å². The molecule has 5 nitrogen and oxygen atoms in total. The van der Waals surface area contributed by atoms with Crippen LogP contribution in [0.4, 0.5) is 0 Å². The van der Waals surface area contributed by atoms with E-state index >= 15 is 0 Å². The van der Waals surface area contributed by atoms with Crippen molar-refractivity contribution >= 4 is 20.0 Å². The van der Waals surface area contributed by atoms with E-state index in [1.807, 2.05) is 54.6 Å². The van der Waals surface area contributed by atoms with Gasteiger partial charge in [0, 0.05) is 11.1 Å². The number of hydrogen-bond acceptors (Lipinski definition) is 5. The molecule has 0 saturated heterocycles. The molecular formula is C30H20O5S2. The van der Waals surface area contributed by atoms with Crippen LogP contribution in [0.15, 0.2) is 136 Å². The Morgan fingerprint density at radius 2 is 1.00 bits per heavy atom. The quantitative estimate of drug-likeness (QED) is 0.237. The van der Waals surface area contributed by atoms with Crippen molar-refractivity contribution in [3.05, 3.63) is 121 Å². The van der Waals surface area contributed by atoms with Crippen LogP contribution in [0.1, 0.15) is 0 Å². The van der Waals surface area contributed by atoms with Gasteiger partial charge in [-0.05, 0) is 64.7 Å². The summed E-state index contributed by atoms with van der Waals surface area (Å²) in [5.74, 6) is 0.178. The molecule has 0 aliphatic carbocycles. The van der Waals surface area contributed by atoms with E-state index in [2.05, 4.69) is 0 Å². The average Bonchev–Trinajstić information content (AvgIpc) is 3.15. The summed E-state index contributed by atoms with van der Waals surface area (Å²) in [5.41, 5.74) is 4.74. The van der Waals surface area contributed by atoms with Crippen LogP contribution in [0.2, 0.25) is 0 Å². The van der Waals surface area contributed by atoms with Gasteiger partial charge in [-0.1, -0.05) is 78.9 Å². The maximum absolute atomic E-state index is 13.2. The van der Waals surface area contributed by atoms with E-state index < -0.39 is 20.0 Å². The molecule has 1 aliphatic heterocycles. The average molecular weight is 525 g/mol. The number of hydrogen-bond donors (Lipinski definition) is 0. The number of sulfone groups is 1. The summed E-state index contributed by atoms with van der Waals surface area (Å²) in [7, 11) is -7.93. The zero-order valence-electron chi connectivity index (χ0n) is 19.4. The highest BCUT2D eigenvalue weighted by atomic mass is 32.2. The van der Waals surface area contributed by atoms with E-state index in [-0.39, 0.29) is 20.4 Å². The molecule has 6 rings (SSSR count). The number of benzene rings is 5. The predicted octanol–water partition coefficient (Wildman–Crippen LogP) is 6.60. The zero-order valence-corrected chi connectivity index (χ0v) is 21.0. The van der Waals surface area contributed by atoms with Gasteiger partial charge in [-0.2, -0.15) is 8.42 Å². The van der Waals surface area contributed by atoms with Crippen molar-refractivity contribution in [1.82, 2.24) is 0 Å². The lowest BCUT2D eigenvalue weighted by atomic mass is 9.97. The van der Waals surface area contributed by atoms with Crippen molar-refractivity contribution in [2.75, 3.05) is 0 Å². The van der Waals surface area contributed by atoms with Crippen LogP contribution in [0.3, 0.4) is 0 Å². The second kappa shape index (κ2) is 8.73. The minimum atomic E-state index is -4.16. The molecule has 182 valence electrons. The molecule has 0 saturated carbocycles. The van der Waals surface area contributed by atoms with Crippen LogP contribution in [0.25, 0.3) is 33.4 Å². The predicted molar refractivity (Wildman–Crippen MR) is 142 cm³/mol. The minimum absolute atomic E-state index is 0.0812. The fourth-order valence-electron chi connectivity index (χ4n) is 4.52. The molecule has 0 radical (unpaired) electrons. The summed E-state index contributed by atoms with van der Waals surface area (Å²) in [4.78, 5) is 0.124. The molecule has 0 N–H and O–H groups in total. The van der Waals surface area contributed by atoms with E-state index in [0.29, 0.717) is 11.1 Å². The summed E-state index contributed by atoms with van der Waals surface area (Å²) in [6.07, 6.45) is 0. The van der Waals surface area contributed by atoms with Gasteiger partial charge in [0.1, 0.15) is 10.6 Å². The van der Waals surface area contributed by atoms with Crippen molar-refractivity contribution in [1.29, 1.82) is 0 Å². The third kappa shape index (κ3) is 4.12. The lowest BCUT2D eigenvalue weighted by Gasteiger charge is -2.09. The Hall–Kier alpha value is -4.20. The van der Waals surface area contributed by atoms with Gasteiger partial charge in [0.15, 0.2) is 0 Å². The fraction of sp³-hybridized carbons (Fsp3) is 0. The molecular weight excluding hydrogens is 504 g/mol. The molecule has 5 aromatic rings. The number of fused-ring (bicyclic) bond motifs is 3. The van der Waals surface area contributed by atoms with Gasteiger partial charge in [-0.15, -0.1) is 0 Å². The molecule has 7 heteroatoms. The Morgan fingerprint density at radius 1 is 0.514 bits per heavy atom. The van der Waals surface area contributed by atoms with Crippen molar-refractivity contribution in [3.63, 3.8) is 0 Å². The van der Waals surface area contributed by atoms with Crippen LogP contribution >= 0.6 is 0 Å². The minimum Gasteiger partial charge on any atom is -0.379 e. The van der Waals surface area contributed by atoms with Crippen molar-refractivity contribution < 1.29 is 21.0 Å². The molecule has 5 aromatic carbocycles. The summed E-state index contributed by atoms with van der Waals surface area (Å²) >= 11 is 0. The number of rotatable bonds is 5. The molecule has 0 spiro atoms. The van der Waals surface area contributed by atoms with Gasteiger partial charge in [0.2, 0.25) is 9.84 Å². The van der Waals surface area contributed by atoms with Gasteiger partial charge in [-0.25, -0.2) is 8.42 Å². The summed E-state index contributed by atoms with van der Waals surface area (Å²) < 4.78 is 57.5. The van der Waals surface area contributed by atoms with E-state index in [0.717, 1.165) is 22.3 Å². The summed E-state index contributed by atoms with van der Waals surface area (Å²) in [6, 6.07) is 35.4. The molecule has 0 aromatic heterocycles. The Balaban J connectivity index is 1.40. The van der Waals surface area contributed by atoms with Crippen molar-refractivity contribution in [2.24, 2.45) is 0 Å². The zero-order chi connectivity index (χ0) is 25.6. The first-order valence-corrected chi connectivity index (χ1v) is 14.4. The van der Waals surface area contributed by atoms with Crippen molar-refractivity contribution in [2.45, 2.75) is 14.7 Å². The van der Waals surface area contributed by atoms with Crippen LogP contribution < -0.4 is 4.18 Å². The second-order valence-corrected chi connectivity index (χ2v) is 12.1. The molecule has 37 heavy (non-hydrogen) atoms. The third-order valence-electron chi connectivity index (χ3n) is 6.36. The molecule has 0 atom stereocenters. The van der Waals surface area contributed by atoms with Crippen molar-refractivity contribution in [3.8, 4) is 39.1 Å². The SMILES string of the molecule is O=S(=O)(Oc1ccccc1)c1ccc2c(c1)-c1cc(-c3ccc(-c4ccccc4)cc3)ccc1S2(=O)=O. The molecule has 0 unspecified atom stereocenters. The molecule has 0 bridgehead atoms. The third-order valence-corrected chi connectivity index (χ3v) is 9.48. The number of para-hydroxylation sites is 1. The summed E-state index contributed by atoms with van der Waals surface area (Å²) in [6.45, 7) is 0. The molecule has 0 fully saturated rings. The fourth-order valence-corrected chi connectivity index (χ4v) is 7.12. The molecule has 1 aliphatic rings. The Bertz CT molecular complexity index is 1850. The first-order chi connectivity index (χ1) is 17.8. The molecule has 1 heterocycles. The smallest absolute Gasteiger partial charge is 0.339 e. The highest BCUT2D eigenvalue weighted by Gasteiger charge is 2.34. The van der Waals surface area contributed by atoms with E-state index in [4.69, 9.17) is 4.18 Å². The monoisotopic (exact) mass is 524 g/mol. The van der Waals surface area contributed by atoms with Crippen LogP contribution in [-0.2, 0) is 20.0 Å². The van der Waals surface area contributed by atoms with Gasteiger partial charge in [0.25, 0.3) is 0 Å². The highest BCUT2D eigenvalue weighted by Crippen LogP contribution is 2.45. The van der Waals surface area contributed by atoms with Gasteiger partial charge < -0.3 is 4.18 Å². The molecule has 0 amide bonds. The van der Waals surface area contributed by atoms with Gasteiger partial charge in [0.05, 0.1) is 9.79 Å². The first kappa shape index (κ1) is 23.2. The standard InChI is InChI=1S/C30H20O5S2/c31-36(32)29-17-15-24(23-13-11-22(12-14-23)21-7-3-1-4-8-21)19-27(29)28-20-26(16-18-30(28)36)37(33,34)35-25-9-5-2-6-10-25/h1-20H. The summed E-state index contributed by atoms with van der Waals surface area (Å²) in [5, 5.41) is 0.